The molecule has 1 aromatic heterocycles. The van der Waals surface area contributed by atoms with Gasteiger partial charge in [0.1, 0.15) is 0 Å². The van der Waals surface area contributed by atoms with E-state index in [0.717, 1.165) is 30.4 Å². The van der Waals surface area contributed by atoms with Crippen LogP contribution in [0.1, 0.15) is 17.8 Å². The molecular formula is C18H27N7O4S. The fourth-order valence-corrected chi connectivity index (χ4v) is 3.84. The molecule has 0 amide bonds. The Labute approximate surface area is 175 Å². The van der Waals surface area contributed by atoms with Gasteiger partial charge in [0, 0.05) is 51.1 Å². The molecule has 0 spiro atoms. The Morgan fingerprint density at radius 2 is 1.93 bits per heavy atom. The molecule has 2 rings (SSSR count). The van der Waals surface area contributed by atoms with E-state index in [1.165, 1.54) is 18.2 Å². The lowest BCUT2D eigenvalue weighted by molar-refractivity contribution is -0.385. The summed E-state index contributed by atoms with van der Waals surface area (Å²) in [6, 6.07) is 6.95. The summed E-state index contributed by atoms with van der Waals surface area (Å²) in [5, 5.41) is 21.4. The summed E-state index contributed by atoms with van der Waals surface area (Å²) < 4.78 is 28.9. The third kappa shape index (κ3) is 6.81. The van der Waals surface area contributed by atoms with E-state index in [4.69, 9.17) is 0 Å². The average Bonchev–Trinajstić information content (AvgIpc) is 3.03. The van der Waals surface area contributed by atoms with Crippen molar-refractivity contribution in [3.63, 3.8) is 0 Å². The van der Waals surface area contributed by atoms with Crippen LogP contribution < -0.4 is 15.4 Å². The minimum absolute atomic E-state index is 0.0947. The van der Waals surface area contributed by atoms with Crippen molar-refractivity contribution < 1.29 is 13.3 Å². The fraction of sp³-hybridized carbons (Fsp3) is 0.444. The van der Waals surface area contributed by atoms with Crippen LogP contribution in [-0.2, 0) is 16.6 Å². The topological polar surface area (TPSA) is 144 Å². The number of nitro benzene ring substituents is 1. The second-order valence-corrected chi connectivity index (χ2v) is 8.35. The summed E-state index contributed by atoms with van der Waals surface area (Å²) >= 11 is 0. The summed E-state index contributed by atoms with van der Waals surface area (Å²) in [4.78, 5) is 14.1. The van der Waals surface area contributed by atoms with E-state index >= 15 is 0 Å². The van der Waals surface area contributed by atoms with Gasteiger partial charge >= 0.3 is 0 Å². The lowest BCUT2D eigenvalue weighted by Crippen LogP contribution is -2.42. The first-order valence-electron chi connectivity index (χ1n) is 9.42. The van der Waals surface area contributed by atoms with Gasteiger partial charge < -0.3 is 10.6 Å². The highest BCUT2D eigenvalue weighted by molar-refractivity contribution is 7.89. The van der Waals surface area contributed by atoms with Gasteiger partial charge in [-0.15, -0.1) is 0 Å². The number of guanidine groups is 1. The molecule has 0 saturated heterocycles. The fourth-order valence-electron chi connectivity index (χ4n) is 2.77. The van der Waals surface area contributed by atoms with Crippen LogP contribution in [-0.4, -0.2) is 55.8 Å². The standard InChI is InChI=1S/C18H27N7O4S/c1-14-12-15(2)24(23-14)11-5-8-20-18(19-3)21-9-10-22-30(28,29)17-7-4-6-16(13-17)25(26)27/h4,6-7,12-13,22H,5,8-11H2,1-3H3,(H2,19,20,21). The van der Waals surface area contributed by atoms with Gasteiger partial charge in [-0.05, 0) is 32.4 Å². The first-order chi connectivity index (χ1) is 14.2. The molecule has 0 radical (unpaired) electrons. The molecule has 0 bridgehead atoms. The highest BCUT2D eigenvalue weighted by Gasteiger charge is 2.17. The minimum atomic E-state index is -3.84. The van der Waals surface area contributed by atoms with Crippen molar-refractivity contribution in [1.29, 1.82) is 0 Å². The van der Waals surface area contributed by atoms with Gasteiger partial charge in [0.05, 0.1) is 15.5 Å². The zero-order valence-corrected chi connectivity index (χ0v) is 18.1. The maximum Gasteiger partial charge on any atom is 0.270 e. The molecule has 0 aliphatic rings. The SMILES string of the molecule is CN=C(NCCCn1nc(C)cc1C)NCCNS(=O)(=O)c1cccc([N+](=O)[O-])c1. The smallest absolute Gasteiger partial charge is 0.270 e. The first-order valence-corrected chi connectivity index (χ1v) is 10.9. The number of benzene rings is 1. The van der Waals surface area contributed by atoms with Crippen LogP contribution in [0.4, 0.5) is 5.69 Å². The normalized spacial score (nSPS) is 12.0. The van der Waals surface area contributed by atoms with Gasteiger partial charge in [-0.25, -0.2) is 13.1 Å². The Kier molecular flexibility index (Phi) is 8.30. The molecule has 1 aromatic carbocycles. The molecule has 30 heavy (non-hydrogen) atoms. The highest BCUT2D eigenvalue weighted by atomic mass is 32.2. The Hall–Kier alpha value is -2.99. The molecule has 12 heteroatoms. The van der Waals surface area contributed by atoms with Crippen molar-refractivity contribution in [3.8, 4) is 0 Å². The Morgan fingerprint density at radius 3 is 2.57 bits per heavy atom. The zero-order valence-electron chi connectivity index (χ0n) is 17.3. The highest BCUT2D eigenvalue weighted by Crippen LogP contribution is 2.16. The molecule has 0 unspecified atom stereocenters. The number of sulfonamides is 1. The van der Waals surface area contributed by atoms with E-state index in [0.29, 0.717) is 19.0 Å². The molecular weight excluding hydrogens is 410 g/mol. The molecule has 1 heterocycles. The van der Waals surface area contributed by atoms with Crippen molar-refractivity contribution in [3.05, 3.63) is 51.8 Å². The van der Waals surface area contributed by atoms with Crippen molar-refractivity contribution in [2.24, 2.45) is 4.99 Å². The van der Waals surface area contributed by atoms with Crippen molar-refractivity contribution in [2.45, 2.75) is 31.7 Å². The monoisotopic (exact) mass is 437 g/mol. The van der Waals surface area contributed by atoms with Crippen LogP contribution in [0, 0.1) is 24.0 Å². The van der Waals surface area contributed by atoms with E-state index in [9.17, 15) is 18.5 Å². The predicted octanol–water partition coefficient (Wildman–Crippen LogP) is 0.942. The molecule has 0 aliphatic carbocycles. The summed E-state index contributed by atoms with van der Waals surface area (Å²) in [6.45, 7) is 5.83. The van der Waals surface area contributed by atoms with Crippen molar-refractivity contribution in [1.82, 2.24) is 25.1 Å². The molecule has 11 nitrogen and oxygen atoms in total. The molecule has 0 fully saturated rings. The number of nitro groups is 1. The van der Waals surface area contributed by atoms with E-state index in [1.807, 2.05) is 24.6 Å². The molecule has 0 saturated carbocycles. The van der Waals surface area contributed by atoms with Crippen LogP contribution in [0.25, 0.3) is 0 Å². The van der Waals surface area contributed by atoms with Crippen LogP contribution in [0.2, 0.25) is 0 Å². The molecule has 0 aliphatic heterocycles. The molecule has 0 atom stereocenters. The van der Waals surface area contributed by atoms with Crippen LogP contribution in [0.5, 0.6) is 0 Å². The third-order valence-corrected chi connectivity index (χ3v) is 5.67. The van der Waals surface area contributed by atoms with Gasteiger partial charge in [-0.3, -0.25) is 19.8 Å². The van der Waals surface area contributed by atoms with Gasteiger partial charge in [-0.2, -0.15) is 5.10 Å². The Morgan fingerprint density at radius 1 is 1.20 bits per heavy atom. The number of aliphatic imine (C=N–C) groups is 1. The second-order valence-electron chi connectivity index (χ2n) is 6.58. The molecule has 164 valence electrons. The summed E-state index contributed by atoms with van der Waals surface area (Å²) in [7, 11) is -2.21. The number of nitrogens with zero attached hydrogens (tertiary/aromatic N) is 4. The van der Waals surface area contributed by atoms with E-state index in [2.05, 4.69) is 25.4 Å². The maximum absolute atomic E-state index is 12.3. The van der Waals surface area contributed by atoms with Gasteiger partial charge in [-0.1, -0.05) is 6.07 Å². The predicted molar refractivity (Wildman–Crippen MR) is 114 cm³/mol. The van der Waals surface area contributed by atoms with Gasteiger partial charge in [0.15, 0.2) is 5.96 Å². The first kappa shape index (κ1) is 23.3. The van der Waals surface area contributed by atoms with Crippen LogP contribution >= 0.6 is 0 Å². The number of nitrogens with one attached hydrogen (secondary N) is 3. The third-order valence-electron chi connectivity index (χ3n) is 4.21. The Bertz CT molecular complexity index is 1000. The Balaban J connectivity index is 1.73. The number of aromatic nitrogens is 2. The largest absolute Gasteiger partial charge is 0.356 e. The summed E-state index contributed by atoms with van der Waals surface area (Å²) in [5.74, 6) is 0.554. The van der Waals surface area contributed by atoms with Gasteiger partial charge in [0.25, 0.3) is 5.69 Å². The number of aryl methyl sites for hydroxylation is 3. The van der Waals surface area contributed by atoms with Gasteiger partial charge in [0.2, 0.25) is 10.0 Å². The second kappa shape index (κ2) is 10.7. The number of rotatable bonds is 10. The van der Waals surface area contributed by atoms with Crippen molar-refractivity contribution in [2.75, 3.05) is 26.7 Å². The molecule has 3 N–H and O–H groups in total. The maximum atomic E-state index is 12.3. The number of hydrogen-bond acceptors (Lipinski definition) is 6. The van der Waals surface area contributed by atoms with Crippen LogP contribution in [0.3, 0.4) is 0 Å². The molecule has 2 aromatic rings. The zero-order chi connectivity index (χ0) is 22.1. The summed E-state index contributed by atoms with van der Waals surface area (Å²) in [6.07, 6.45) is 0.849. The van der Waals surface area contributed by atoms with Crippen LogP contribution in [0.15, 0.2) is 40.2 Å². The number of hydrogen-bond donors (Lipinski definition) is 3. The average molecular weight is 438 g/mol. The summed E-state index contributed by atoms with van der Waals surface area (Å²) in [5.41, 5.74) is 1.83. The lowest BCUT2D eigenvalue weighted by Gasteiger charge is -2.13. The van der Waals surface area contributed by atoms with E-state index in [1.54, 1.807) is 7.05 Å². The van der Waals surface area contributed by atoms with E-state index in [-0.39, 0.29) is 17.1 Å². The lowest BCUT2D eigenvalue weighted by atomic mass is 10.3. The minimum Gasteiger partial charge on any atom is -0.356 e. The van der Waals surface area contributed by atoms with E-state index < -0.39 is 14.9 Å². The number of non-ortho nitro benzene ring substituents is 1. The quantitative estimate of drug-likeness (QED) is 0.165. The van der Waals surface area contributed by atoms with Crippen molar-refractivity contribution >= 4 is 21.7 Å².